The summed E-state index contributed by atoms with van der Waals surface area (Å²) in [5.41, 5.74) is 0.385. The number of hydrogen-bond donors (Lipinski definition) is 0. The number of halogens is 1. The number of carbonyl (C=O) groups is 1. The zero-order valence-electron chi connectivity index (χ0n) is 9.74. The van der Waals surface area contributed by atoms with Gasteiger partial charge in [-0.3, -0.25) is 0 Å². The molecule has 17 heavy (non-hydrogen) atoms. The van der Waals surface area contributed by atoms with E-state index in [0.29, 0.717) is 22.9 Å². The Morgan fingerprint density at radius 1 is 1.53 bits per heavy atom. The van der Waals surface area contributed by atoms with Gasteiger partial charge in [-0.25, -0.2) is 4.79 Å². The van der Waals surface area contributed by atoms with E-state index in [0.717, 1.165) is 12.8 Å². The fourth-order valence-corrected chi connectivity index (χ4v) is 1.47. The summed E-state index contributed by atoms with van der Waals surface area (Å²) in [6.07, 6.45) is 3.54. The van der Waals surface area contributed by atoms with Gasteiger partial charge in [0.15, 0.2) is 0 Å². The fourth-order valence-electron chi connectivity index (χ4n) is 1.30. The molecule has 0 atom stereocenters. The molecule has 0 saturated heterocycles. The normalized spacial score (nSPS) is 9.76. The lowest BCUT2D eigenvalue weighted by atomic mass is 10.2. The first kappa shape index (κ1) is 13.6. The average molecular weight is 255 g/mol. The molecule has 1 aromatic rings. The van der Waals surface area contributed by atoms with Gasteiger partial charge in [-0.1, -0.05) is 17.7 Å². The predicted molar refractivity (Wildman–Crippen MR) is 67.7 cm³/mol. The minimum absolute atomic E-state index is 0.385. The number of rotatable bonds is 6. The van der Waals surface area contributed by atoms with E-state index in [1.807, 2.05) is 6.08 Å². The first-order valence-electron chi connectivity index (χ1n) is 5.30. The lowest BCUT2D eigenvalue weighted by Gasteiger charge is -2.10. The summed E-state index contributed by atoms with van der Waals surface area (Å²) in [4.78, 5) is 11.5. The Kier molecular flexibility index (Phi) is 5.57. The molecule has 0 aliphatic heterocycles. The highest BCUT2D eigenvalue weighted by Crippen LogP contribution is 2.24. The molecule has 0 aromatic heterocycles. The topological polar surface area (TPSA) is 35.5 Å². The Morgan fingerprint density at radius 2 is 2.29 bits per heavy atom. The summed E-state index contributed by atoms with van der Waals surface area (Å²) >= 11 is 5.86. The van der Waals surface area contributed by atoms with Gasteiger partial charge in [-0.15, -0.1) is 6.58 Å². The zero-order chi connectivity index (χ0) is 12.7. The average Bonchev–Trinajstić information content (AvgIpc) is 2.34. The van der Waals surface area contributed by atoms with Crippen LogP contribution in [0.5, 0.6) is 5.75 Å². The second-order valence-electron chi connectivity index (χ2n) is 3.41. The molecular formula is C13H15ClO3. The summed E-state index contributed by atoms with van der Waals surface area (Å²) in [5, 5.41) is 0.524. The number of benzene rings is 1. The maximum absolute atomic E-state index is 11.5. The van der Waals surface area contributed by atoms with Crippen molar-refractivity contribution < 1.29 is 14.3 Å². The van der Waals surface area contributed by atoms with Crippen LogP contribution in [0.1, 0.15) is 23.2 Å². The maximum Gasteiger partial charge on any atom is 0.341 e. The van der Waals surface area contributed by atoms with Crippen LogP contribution in [0.4, 0.5) is 0 Å². The Bertz CT molecular complexity index is 402. The van der Waals surface area contributed by atoms with Gasteiger partial charge in [0.1, 0.15) is 11.3 Å². The molecule has 0 saturated carbocycles. The van der Waals surface area contributed by atoms with Crippen molar-refractivity contribution >= 4 is 17.6 Å². The second kappa shape index (κ2) is 6.97. The maximum atomic E-state index is 11.5. The standard InChI is InChI=1S/C13H15ClO3/c1-3-4-5-8-17-12-9-10(14)6-7-11(12)13(15)16-2/h3,6-7,9H,1,4-5,8H2,2H3. The molecule has 0 N–H and O–H groups in total. The van der Waals surface area contributed by atoms with Crippen LogP contribution in [0.15, 0.2) is 30.9 Å². The Balaban J connectivity index is 2.76. The molecule has 0 fully saturated rings. The van der Waals surface area contributed by atoms with E-state index < -0.39 is 5.97 Å². The Hall–Kier alpha value is -1.48. The van der Waals surface area contributed by atoms with Crippen LogP contribution in [0.25, 0.3) is 0 Å². The molecular weight excluding hydrogens is 240 g/mol. The highest BCUT2D eigenvalue weighted by atomic mass is 35.5. The van der Waals surface area contributed by atoms with Crippen molar-refractivity contribution in [3.63, 3.8) is 0 Å². The van der Waals surface area contributed by atoms with Crippen LogP contribution in [0.2, 0.25) is 5.02 Å². The first-order valence-corrected chi connectivity index (χ1v) is 5.68. The van der Waals surface area contributed by atoms with Crippen LogP contribution >= 0.6 is 11.6 Å². The smallest absolute Gasteiger partial charge is 0.341 e. The lowest BCUT2D eigenvalue weighted by molar-refractivity contribution is 0.0596. The minimum atomic E-state index is -0.430. The van der Waals surface area contributed by atoms with Crippen LogP contribution in [-0.4, -0.2) is 19.7 Å². The van der Waals surface area contributed by atoms with Crippen molar-refractivity contribution in [1.82, 2.24) is 0 Å². The van der Waals surface area contributed by atoms with E-state index in [-0.39, 0.29) is 0 Å². The molecule has 1 rings (SSSR count). The molecule has 0 aliphatic rings. The van der Waals surface area contributed by atoms with Gasteiger partial charge in [-0.05, 0) is 31.0 Å². The van der Waals surface area contributed by atoms with Crippen molar-refractivity contribution in [3.8, 4) is 5.75 Å². The third-order valence-electron chi connectivity index (χ3n) is 2.16. The van der Waals surface area contributed by atoms with Crippen LogP contribution < -0.4 is 4.74 Å². The van der Waals surface area contributed by atoms with Gasteiger partial charge in [0, 0.05) is 5.02 Å². The van der Waals surface area contributed by atoms with Crippen LogP contribution in [0.3, 0.4) is 0 Å². The van der Waals surface area contributed by atoms with E-state index in [1.165, 1.54) is 7.11 Å². The van der Waals surface area contributed by atoms with Crippen molar-refractivity contribution in [2.45, 2.75) is 12.8 Å². The first-order chi connectivity index (χ1) is 8.19. The number of ether oxygens (including phenoxy) is 2. The highest BCUT2D eigenvalue weighted by Gasteiger charge is 2.13. The van der Waals surface area contributed by atoms with Gasteiger partial charge >= 0.3 is 5.97 Å². The predicted octanol–water partition coefficient (Wildman–Crippen LogP) is 3.47. The van der Waals surface area contributed by atoms with E-state index in [1.54, 1.807) is 18.2 Å². The van der Waals surface area contributed by atoms with Gasteiger partial charge in [-0.2, -0.15) is 0 Å². The summed E-state index contributed by atoms with van der Waals surface area (Å²) < 4.78 is 10.2. The molecule has 4 heteroatoms. The number of unbranched alkanes of at least 4 members (excludes halogenated alkanes) is 1. The minimum Gasteiger partial charge on any atom is -0.493 e. The van der Waals surface area contributed by atoms with Gasteiger partial charge < -0.3 is 9.47 Å². The van der Waals surface area contributed by atoms with E-state index in [4.69, 9.17) is 16.3 Å². The highest BCUT2D eigenvalue weighted by molar-refractivity contribution is 6.30. The third-order valence-corrected chi connectivity index (χ3v) is 2.39. The molecule has 0 spiro atoms. The molecule has 0 unspecified atom stereocenters. The number of hydrogen-bond acceptors (Lipinski definition) is 3. The third kappa shape index (κ3) is 4.11. The lowest BCUT2D eigenvalue weighted by Crippen LogP contribution is -2.06. The summed E-state index contributed by atoms with van der Waals surface area (Å²) in [6.45, 7) is 4.14. The van der Waals surface area contributed by atoms with Gasteiger partial charge in [0.2, 0.25) is 0 Å². The van der Waals surface area contributed by atoms with Crippen molar-refractivity contribution in [2.75, 3.05) is 13.7 Å². The molecule has 1 aromatic carbocycles. The molecule has 0 bridgehead atoms. The molecule has 0 radical (unpaired) electrons. The van der Waals surface area contributed by atoms with Crippen molar-refractivity contribution in [3.05, 3.63) is 41.4 Å². The zero-order valence-corrected chi connectivity index (χ0v) is 10.5. The number of allylic oxidation sites excluding steroid dienone is 1. The van der Waals surface area contributed by atoms with Gasteiger partial charge in [0.25, 0.3) is 0 Å². The summed E-state index contributed by atoms with van der Waals surface area (Å²) in [5.74, 6) is 0.0220. The monoisotopic (exact) mass is 254 g/mol. The quantitative estimate of drug-likeness (QED) is 0.443. The second-order valence-corrected chi connectivity index (χ2v) is 3.85. The number of carbonyl (C=O) groups excluding carboxylic acids is 1. The molecule has 3 nitrogen and oxygen atoms in total. The number of esters is 1. The largest absolute Gasteiger partial charge is 0.493 e. The van der Waals surface area contributed by atoms with E-state index >= 15 is 0 Å². The Morgan fingerprint density at radius 3 is 2.94 bits per heavy atom. The molecule has 92 valence electrons. The van der Waals surface area contributed by atoms with Gasteiger partial charge in [0.05, 0.1) is 13.7 Å². The Labute approximate surface area is 106 Å². The van der Waals surface area contributed by atoms with Crippen molar-refractivity contribution in [1.29, 1.82) is 0 Å². The van der Waals surface area contributed by atoms with Crippen LogP contribution in [0, 0.1) is 0 Å². The number of methoxy groups -OCH3 is 1. The SMILES string of the molecule is C=CCCCOc1cc(Cl)ccc1C(=O)OC. The summed E-state index contributed by atoms with van der Waals surface area (Å²) in [7, 11) is 1.33. The van der Waals surface area contributed by atoms with E-state index in [2.05, 4.69) is 11.3 Å². The summed E-state index contributed by atoms with van der Waals surface area (Å²) in [6, 6.07) is 4.84. The fraction of sp³-hybridized carbons (Fsp3) is 0.308. The van der Waals surface area contributed by atoms with E-state index in [9.17, 15) is 4.79 Å². The molecule has 0 heterocycles. The van der Waals surface area contributed by atoms with Crippen molar-refractivity contribution in [2.24, 2.45) is 0 Å². The molecule has 0 aliphatic carbocycles. The van der Waals surface area contributed by atoms with Crippen LogP contribution in [-0.2, 0) is 4.74 Å². The molecule has 0 amide bonds.